The van der Waals surface area contributed by atoms with Gasteiger partial charge in [-0.3, -0.25) is 0 Å². The minimum Gasteiger partial charge on any atom is -0.379 e. The standard InChI is InChI=1S/C14H28O5Si/c1-13(7-5-9-18-11-14-12-19-14)8-6-10-20(15-2,16-3)17-4/h14H,1,5-12H2,2-4H3. The highest BCUT2D eigenvalue weighted by molar-refractivity contribution is 6.60. The van der Waals surface area contributed by atoms with Crippen LogP contribution in [0, 0.1) is 0 Å². The van der Waals surface area contributed by atoms with E-state index < -0.39 is 8.80 Å². The van der Waals surface area contributed by atoms with E-state index in [1.54, 1.807) is 21.3 Å². The number of hydrogen-bond acceptors (Lipinski definition) is 5. The van der Waals surface area contributed by atoms with Gasteiger partial charge in [0.2, 0.25) is 0 Å². The quantitative estimate of drug-likeness (QED) is 0.226. The van der Waals surface area contributed by atoms with Gasteiger partial charge in [0, 0.05) is 34.0 Å². The fourth-order valence-electron chi connectivity index (χ4n) is 2.04. The molecule has 1 rings (SSSR count). The van der Waals surface area contributed by atoms with Crippen molar-refractivity contribution in [3.05, 3.63) is 12.2 Å². The molecule has 0 spiro atoms. The Morgan fingerprint density at radius 3 is 2.30 bits per heavy atom. The van der Waals surface area contributed by atoms with Crippen molar-refractivity contribution in [3.8, 4) is 0 Å². The Bertz CT molecular complexity index is 268. The van der Waals surface area contributed by atoms with E-state index >= 15 is 0 Å². The van der Waals surface area contributed by atoms with E-state index in [4.69, 9.17) is 22.8 Å². The van der Waals surface area contributed by atoms with Crippen LogP contribution in [-0.2, 0) is 22.8 Å². The Balaban J connectivity index is 2.00. The second kappa shape index (κ2) is 9.65. The fraction of sp³-hybridized carbons (Fsp3) is 0.857. The van der Waals surface area contributed by atoms with Crippen LogP contribution < -0.4 is 0 Å². The first-order valence-corrected chi connectivity index (χ1v) is 9.10. The van der Waals surface area contributed by atoms with Crippen molar-refractivity contribution >= 4 is 8.80 Å². The Morgan fingerprint density at radius 1 is 1.15 bits per heavy atom. The lowest BCUT2D eigenvalue weighted by molar-refractivity contribution is 0.114. The smallest absolute Gasteiger partial charge is 0.379 e. The number of rotatable bonds is 13. The van der Waals surface area contributed by atoms with Gasteiger partial charge in [-0.25, -0.2) is 0 Å². The summed E-state index contributed by atoms with van der Waals surface area (Å²) in [5, 5.41) is 0. The molecule has 0 aromatic rings. The molecule has 0 amide bonds. The van der Waals surface area contributed by atoms with Gasteiger partial charge < -0.3 is 22.8 Å². The van der Waals surface area contributed by atoms with Gasteiger partial charge in [-0.2, -0.15) is 0 Å². The average molecular weight is 304 g/mol. The second-order valence-electron chi connectivity index (χ2n) is 5.03. The molecule has 20 heavy (non-hydrogen) atoms. The third-order valence-corrected chi connectivity index (χ3v) is 6.30. The third-order valence-electron chi connectivity index (χ3n) is 3.47. The van der Waals surface area contributed by atoms with E-state index in [1.165, 1.54) is 5.57 Å². The molecule has 0 bridgehead atoms. The monoisotopic (exact) mass is 304 g/mol. The van der Waals surface area contributed by atoms with Crippen molar-refractivity contribution in [1.29, 1.82) is 0 Å². The lowest BCUT2D eigenvalue weighted by Gasteiger charge is -2.24. The Morgan fingerprint density at radius 2 is 1.75 bits per heavy atom. The van der Waals surface area contributed by atoms with Crippen LogP contribution in [0.1, 0.15) is 25.7 Å². The van der Waals surface area contributed by atoms with Crippen LogP contribution in [0.4, 0.5) is 0 Å². The molecule has 1 fully saturated rings. The van der Waals surface area contributed by atoms with Crippen LogP contribution >= 0.6 is 0 Å². The van der Waals surface area contributed by atoms with Gasteiger partial charge in [-0.1, -0.05) is 12.2 Å². The minimum atomic E-state index is -2.41. The molecule has 1 aliphatic heterocycles. The van der Waals surface area contributed by atoms with Crippen LogP contribution in [0.5, 0.6) is 0 Å². The number of ether oxygens (including phenoxy) is 2. The zero-order chi connectivity index (χ0) is 14.8. The summed E-state index contributed by atoms with van der Waals surface area (Å²) < 4.78 is 26.8. The van der Waals surface area contributed by atoms with E-state index in [9.17, 15) is 0 Å². The van der Waals surface area contributed by atoms with Gasteiger partial charge in [-0.05, 0) is 25.7 Å². The summed E-state index contributed by atoms with van der Waals surface area (Å²) >= 11 is 0. The van der Waals surface area contributed by atoms with Gasteiger partial charge in [0.15, 0.2) is 0 Å². The second-order valence-corrected chi connectivity index (χ2v) is 8.12. The van der Waals surface area contributed by atoms with Crippen LogP contribution in [0.2, 0.25) is 6.04 Å². The van der Waals surface area contributed by atoms with Crippen LogP contribution in [0.15, 0.2) is 12.2 Å². The van der Waals surface area contributed by atoms with Crippen molar-refractivity contribution in [3.63, 3.8) is 0 Å². The first-order chi connectivity index (χ1) is 9.65. The fourth-order valence-corrected chi connectivity index (χ4v) is 3.76. The van der Waals surface area contributed by atoms with Gasteiger partial charge >= 0.3 is 8.80 Å². The maximum Gasteiger partial charge on any atom is 0.500 e. The lowest BCUT2D eigenvalue weighted by Crippen LogP contribution is -2.42. The van der Waals surface area contributed by atoms with Crippen LogP contribution in [0.25, 0.3) is 0 Å². The Kier molecular flexibility index (Phi) is 8.59. The largest absolute Gasteiger partial charge is 0.500 e. The molecule has 6 heteroatoms. The minimum absolute atomic E-state index is 0.355. The van der Waals surface area contributed by atoms with Gasteiger partial charge in [0.25, 0.3) is 0 Å². The zero-order valence-corrected chi connectivity index (χ0v) is 14.0. The van der Waals surface area contributed by atoms with Crippen molar-refractivity contribution in [1.82, 2.24) is 0 Å². The molecule has 0 aromatic heterocycles. The maximum absolute atomic E-state index is 5.50. The highest BCUT2D eigenvalue weighted by Crippen LogP contribution is 2.20. The van der Waals surface area contributed by atoms with Crippen molar-refractivity contribution < 1.29 is 22.8 Å². The highest BCUT2D eigenvalue weighted by atomic mass is 28.4. The van der Waals surface area contributed by atoms with Gasteiger partial charge in [0.05, 0.1) is 13.2 Å². The Hall–Kier alpha value is -0.243. The highest BCUT2D eigenvalue weighted by Gasteiger charge is 2.36. The molecule has 0 radical (unpaired) electrons. The summed E-state index contributed by atoms with van der Waals surface area (Å²) in [5.41, 5.74) is 1.25. The van der Waals surface area contributed by atoms with Gasteiger partial charge in [0.1, 0.15) is 6.10 Å². The number of hydrogen-bond donors (Lipinski definition) is 0. The summed E-state index contributed by atoms with van der Waals surface area (Å²) in [6.45, 7) is 6.48. The molecule has 0 N–H and O–H groups in total. The van der Waals surface area contributed by atoms with Crippen molar-refractivity contribution in [2.45, 2.75) is 37.8 Å². The third kappa shape index (κ3) is 6.96. The molecule has 1 unspecified atom stereocenters. The summed E-state index contributed by atoms with van der Waals surface area (Å²) in [4.78, 5) is 0. The molecular weight excluding hydrogens is 276 g/mol. The van der Waals surface area contributed by atoms with E-state index in [2.05, 4.69) is 6.58 Å². The first-order valence-electron chi connectivity index (χ1n) is 7.17. The number of allylic oxidation sites excluding steroid dienone is 1. The summed E-state index contributed by atoms with van der Waals surface area (Å²) in [6.07, 6.45) is 4.35. The summed E-state index contributed by atoms with van der Waals surface area (Å²) in [5.74, 6) is 0. The maximum atomic E-state index is 5.50. The molecular formula is C14H28O5Si. The summed E-state index contributed by atoms with van der Waals surface area (Å²) in [7, 11) is 2.53. The predicted molar refractivity (Wildman–Crippen MR) is 79.8 cm³/mol. The van der Waals surface area contributed by atoms with E-state index in [-0.39, 0.29) is 0 Å². The molecule has 1 atom stereocenters. The predicted octanol–water partition coefficient (Wildman–Crippen LogP) is 2.40. The molecule has 0 aromatic carbocycles. The van der Waals surface area contributed by atoms with E-state index in [1.807, 2.05) is 0 Å². The molecule has 118 valence electrons. The van der Waals surface area contributed by atoms with E-state index in [0.717, 1.165) is 51.5 Å². The van der Waals surface area contributed by atoms with Crippen molar-refractivity contribution in [2.24, 2.45) is 0 Å². The first kappa shape index (κ1) is 17.8. The Labute approximate surface area is 123 Å². The SMILES string of the molecule is C=C(CCCOCC1CO1)CCC[Si](OC)(OC)OC. The van der Waals surface area contributed by atoms with Crippen LogP contribution in [-0.4, -0.2) is 56.1 Å². The van der Waals surface area contributed by atoms with Gasteiger partial charge in [-0.15, -0.1) is 0 Å². The summed E-state index contributed by atoms with van der Waals surface area (Å²) in [6, 6.07) is 0.824. The molecule has 5 nitrogen and oxygen atoms in total. The normalized spacial score (nSPS) is 18.2. The molecule has 0 aliphatic carbocycles. The topological polar surface area (TPSA) is 49.5 Å². The molecule has 0 saturated carbocycles. The van der Waals surface area contributed by atoms with Crippen molar-refractivity contribution in [2.75, 3.05) is 41.2 Å². The van der Waals surface area contributed by atoms with E-state index in [0.29, 0.717) is 6.10 Å². The zero-order valence-electron chi connectivity index (χ0n) is 13.0. The molecule has 1 saturated heterocycles. The molecule has 1 heterocycles. The average Bonchev–Trinajstić information content (AvgIpc) is 3.28. The number of epoxide rings is 1. The molecule has 1 aliphatic rings. The van der Waals surface area contributed by atoms with Crippen LogP contribution in [0.3, 0.4) is 0 Å². The lowest BCUT2D eigenvalue weighted by atomic mass is 10.1.